The van der Waals surface area contributed by atoms with Crippen LogP contribution in [-0.4, -0.2) is 22.7 Å². The Morgan fingerprint density at radius 2 is 2.22 bits per heavy atom. The fraction of sp³-hybridized carbons (Fsp3) is 0.231. The molecular weight excluding hydrogens is 230 g/mol. The van der Waals surface area contributed by atoms with Crippen LogP contribution in [0.3, 0.4) is 0 Å². The van der Waals surface area contributed by atoms with Gasteiger partial charge < -0.3 is 10.1 Å². The minimum atomic E-state index is -0.223. The first kappa shape index (κ1) is 12.2. The molecule has 0 unspecified atom stereocenters. The van der Waals surface area contributed by atoms with Crippen LogP contribution in [0.25, 0.3) is 0 Å². The second-order valence-electron chi connectivity index (χ2n) is 4.08. The summed E-state index contributed by atoms with van der Waals surface area (Å²) in [6.07, 6.45) is 1.57. The molecule has 18 heavy (non-hydrogen) atoms. The zero-order chi connectivity index (χ0) is 13.0. The van der Waals surface area contributed by atoms with Crippen LogP contribution in [-0.2, 0) is 4.79 Å². The molecule has 1 heterocycles. The zero-order valence-corrected chi connectivity index (χ0v) is 10.4. The van der Waals surface area contributed by atoms with Gasteiger partial charge in [0.25, 0.3) is 5.91 Å². The molecule has 0 radical (unpaired) electrons. The topological polar surface area (TPSA) is 67.0 Å². The van der Waals surface area contributed by atoms with Crippen LogP contribution < -0.4 is 10.1 Å². The molecule has 0 spiro atoms. The minimum Gasteiger partial charge on any atom is -0.483 e. The van der Waals surface area contributed by atoms with E-state index in [9.17, 15) is 4.79 Å². The molecule has 0 saturated heterocycles. The number of aromatic amines is 1. The van der Waals surface area contributed by atoms with E-state index < -0.39 is 0 Å². The summed E-state index contributed by atoms with van der Waals surface area (Å²) in [4.78, 5) is 11.6. The number of H-pyrrole nitrogens is 1. The summed E-state index contributed by atoms with van der Waals surface area (Å²) in [5, 5.41) is 9.03. The number of anilines is 1. The number of carbonyl (C=O) groups is 1. The maximum absolute atomic E-state index is 11.6. The molecule has 5 nitrogen and oxygen atoms in total. The van der Waals surface area contributed by atoms with Gasteiger partial charge in [-0.25, -0.2) is 0 Å². The van der Waals surface area contributed by atoms with Crippen molar-refractivity contribution in [2.24, 2.45) is 0 Å². The molecule has 5 heteroatoms. The van der Waals surface area contributed by atoms with Crippen LogP contribution in [0.2, 0.25) is 0 Å². The third-order valence-electron chi connectivity index (χ3n) is 2.46. The third kappa shape index (κ3) is 3.10. The molecule has 0 aliphatic heterocycles. The molecule has 0 bridgehead atoms. The molecule has 2 rings (SSSR count). The Kier molecular flexibility index (Phi) is 3.62. The lowest BCUT2D eigenvalue weighted by Crippen LogP contribution is -2.20. The lowest BCUT2D eigenvalue weighted by Gasteiger charge is -2.09. The quantitative estimate of drug-likeness (QED) is 0.866. The van der Waals surface area contributed by atoms with Crippen molar-refractivity contribution in [3.05, 3.63) is 41.6 Å². The highest BCUT2D eigenvalue weighted by atomic mass is 16.5. The minimum absolute atomic E-state index is 0.0249. The number of nitrogens with one attached hydrogen (secondary N) is 2. The van der Waals surface area contributed by atoms with E-state index in [-0.39, 0.29) is 12.5 Å². The molecular formula is C13H15N3O2. The Balaban J connectivity index is 1.89. The van der Waals surface area contributed by atoms with Crippen molar-refractivity contribution in [2.75, 3.05) is 11.9 Å². The smallest absolute Gasteiger partial charge is 0.263 e. The van der Waals surface area contributed by atoms with Crippen LogP contribution in [0.5, 0.6) is 5.75 Å². The molecule has 2 N–H and O–H groups in total. The van der Waals surface area contributed by atoms with Gasteiger partial charge >= 0.3 is 0 Å². The van der Waals surface area contributed by atoms with Crippen molar-refractivity contribution in [2.45, 2.75) is 13.8 Å². The second kappa shape index (κ2) is 5.35. The lowest BCUT2D eigenvalue weighted by atomic mass is 10.1. The van der Waals surface area contributed by atoms with Crippen molar-refractivity contribution >= 4 is 11.7 Å². The largest absolute Gasteiger partial charge is 0.483 e. The SMILES string of the molecule is Cc1ccc(OCC(=O)Nc2ccn[nH]2)c(C)c1. The molecule has 1 amide bonds. The highest BCUT2D eigenvalue weighted by Crippen LogP contribution is 2.18. The number of hydrogen-bond donors (Lipinski definition) is 2. The fourth-order valence-electron chi connectivity index (χ4n) is 1.62. The molecule has 0 aliphatic rings. The maximum Gasteiger partial charge on any atom is 0.263 e. The zero-order valence-electron chi connectivity index (χ0n) is 10.4. The number of carbonyl (C=O) groups excluding carboxylic acids is 1. The van der Waals surface area contributed by atoms with Gasteiger partial charge in [0.05, 0.1) is 6.20 Å². The van der Waals surface area contributed by atoms with Gasteiger partial charge in [0.15, 0.2) is 6.61 Å². The number of amides is 1. The van der Waals surface area contributed by atoms with E-state index in [1.54, 1.807) is 12.3 Å². The van der Waals surface area contributed by atoms with Gasteiger partial charge in [-0.15, -0.1) is 0 Å². The summed E-state index contributed by atoms with van der Waals surface area (Å²) in [6.45, 7) is 3.94. The van der Waals surface area contributed by atoms with E-state index in [4.69, 9.17) is 4.74 Å². The highest BCUT2D eigenvalue weighted by molar-refractivity contribution is 5.90. The van der Waals surface area contributed by atoms with Crippen LogP contribution in [0.1, 0.15) is 11.1 Å². The molecule has 1 aromatic heterocycles. The third-order valence-corrected chi connectivity index (χ3v) is 2.46. The average Bonchev–Trinajstić information content (AvgIpc) is 2.80. The van der Waals surface area contributed by atoms with E-state index >= 15 is 0 Å². The van der Waals surface area contributed by atoms with Crippen LogP contribution >= 0.6 is 0 Å². The van der Waals surface area contributed by atoms with E-state index in [1.807, 2.05) is 32.0 Å². The molecule has 0 fully saturated rings. The molecule has 0 atom stereocenters. The summed E-state index contributed by atoms with van der Waals surface area (Å²) in [6, 6.07) is 7.51. The summed E-state index contributed by atoms with van der Waals surface area (Å²) in [5.41, 5.74) is 2.19. The number of rotatable bonds is 4. The average molecular weight is 245 g/mol. The predicted octanol–water partition coefficient (Wildman–Crippen LogP) is 2.04. The first-order valence-electron chi connectivity index (χ1n) is 5.64. The normalized spacial score (nSPS) is 10.1. The Labute approximate surface area is 105 Å². The van der Waals surface area contributed by atoms with Gasteiger partial charge in [0.1, 0.15) is 11.6 Å². The Morgan fingerprint density at radius 3 is 2.89 bits per heavy atom. The van der Waals surface area contributed by atoms with E-state index in [2.05, 4.69) is 15.5 Å². The van der Waals surface area contributed by atoms with Crippen molar-refractivity contribution in [1.29, 1.82) is 0 Å². The molecule has 0 aliphatic carbocycles. The van der Waals surface area contributed by atoms with E-state index in [1.165, 1.54) is 5.56 Å². The van der Waals surface area contributed by atoms with E-state index in [0.717, 1.165) is 11.3 Å². The number of nitrogens with zero attached hydrogens (tertiary/aromatic N) is 1. The van der Waals surface area contributed by atoms with Gasteiger partial charge in [-0.05, 0) is 25.5 Å². The summed E-state index contributed by atoms with van der Waals surface area (Å²) in [7, 11) is 0. The second-order valence-corrected chi connectivity index (χ2v) is 4.08. The van der Waals surface area contributed by atoms with Crippen molar-refractivity contribution in [1.82, 2.24) is 10.2 Å². The van der Waals surface area contributed by atoms with Crippen LogP contribution in [0.15, 0.2) is 30.5 Å². The maximum atomic E-state index is 11.6. The monoisotopic (exact) mass is 245 g/mol. The van der Waals surface area contributed by atoms with E-state index in [0.29, 0.717) is 5.82 Å². The Bertz CT molecular complexity index is 535. The predicted molar refractivity (Wildman–Crippen MR) is 68.6 cm³/mol. The molecule has 94 valence electrons. The summed E-state index contributed by atoms with van der Waals surface area (Å²) >= 11 is 0. The lowest BCUT2D eigenvalue weighted by molar-refractivity contribution is -0.118. The number of hydrogen-bond acceptors (Lipinski definition) is 3. The fourth-order valence-corrected chi connectivity index (χ4v) is 1.62. The summed E-state index contributed by atoms with van der Waals surface area (Å²) in [5.74, 6) is 1.06. The number of benzene rings is 1. The van der Waals surface area contributed by atoms with Crippen LogP contribution in [0, 0.1) is 13.8 Å². The highest BCUT2D eigenvalue weighted by Gasteiger charge is 2.06. The number of aryl methyl sites for hydroxylation is 2. The van der Waals surface area contributed by atoms with Gasteiger partial charge in [-0.2, -0.15) is 5.10 Å². The Morgan fingerprint density at radius 1 is 1.39 bits per heavy atom. The Hall–Kier alpha value is -2.30. The standard InChI is InChI=1S/C13H15N3O2/c1-9-3-4-11(10(2)7-9)18-8-13(17)15-12-5-6-14-16-12/h3-7H,8H2,1-2H3,(H2,14,15,16,17). The van der Waals surface area contributed by atoms with Crippen LogP contribution in [0.4, 0.5) is 5.82 Å². The van der Waals surface area contributed by atoms with Gasteiger partial charge in [-0.1, -0.05) is 17.7 Å². The van der Waals surface area contributed by atoms with Crippen molar-refractivity contribution < 1.29 is 9.53 Å². The van der Waals surface area contributed by atoms with Gasteiger partial charge in [0, 0.05) is 6.07 Å². The number of aromatic nitrogens is 2. The molecule has 0 saturated carbocycles. The van der Waals surface area contributed by atoms with Crippen molar-refractivity contribution in [3.63, 3.8) is 0 Å². The number of ether oxygens (including phenoxy) is 1. The molecule has 1 aromatic carbocycles. The van der Waals surface area contributed by atoms with Gasteiger partial charge in [-0.3, -0.25) is 9.89 Å². The van der Waals surface area contributed by atoms with Gasteiger partial charge in [0.2, 0.25) is 0 Å². The van der Waals surface area contributed by atoms with Crippen molar-refractivity contribution in [3.8, 4) is 5.75 Å². The summed E-state index contributed by atoms with van der Waals surface area (Å²) < 4.78 is 5.46. The first-order chi connectivity index (χ1) is 8.65. The molecule has 2 aromatic rings. The first-order valence-corrected chi connectivity index (χ1v) is 5.64.